The fraction of sp³-hybridized carbons (Fsp3) is 0.368. The van der Waals surface area contributed by atoms with Crippen molar-refractivity contribution in [3.8, 4) is 0 Å². The second-order valence-corrected chi connectivity index (χ2v) is 7.84. The average molecular weight is 398 g/mol. The van der Waals surface area contributed by atoms with Gasteiger partial charge in [0.2, 0.25) is 5.95 Å². The largest absolute Gasteiger partial charge is 0.391 e. The first-order valence-electron chi connectivity index (χ1n) is 9.19. The summed E-state index contributed by atoms with van der Waals surface area (Å²) >= 11 is 1.45. The van der Waals surface area contributed by atoms with Gasteiger partial charge in [-0.3, -0.25) is 9.78 Å². The number of pyridine rings is 1. The minimum atomic E-state index is -0.473. The van der Waals surface area contributed by atoms with Crippen LogP contribution in [0.3, 0.4) is 0 Å². The van der Waals surface area contributed by atoms with E-state index in [1.54, 1.807) is 11.1 Å². The first-order valence-corrected chi connectivity index (χ1v) is 10.0. The van der Waals surface area contributed by atoms with E-state index in [1.807, 2.05) is 38.2 Å². The summed E-state index contributed by atoms with van der Waals surface area (Å²) in [5, 5.41) is 17.1. The molecule has 1 saturated heterocycles. The van der Waals surface area contributed by atoms with Crippen LogP contribution in [0, 0.1) is 0 Å². The van der Waals surface area contributed by atoms with Gasteiger partial charge >= 0.3 is 0 Å². The summed E-state index contributed by atoms with van der Waals surface area (Å²) in [6, 6.07) is 7.52. The molecule has 1 aliphatic heterocycles. The quantitative estimate of drug-likeness (QED) is 0.607. The van der Waals surface area contributed by atoms with Crippen LogP contribution in [0.1, 0.15) is 35.6 Å². The van der Waals surface area contributed by atoms with E-state index in [4.69, 9.17) is 0 Å². The van der Waals surface area contributed by atoms with Gasteiger partial charge in [0.15, 0.2) is 5.69 Å². The number of hydrogen-bond acceptors (Lipinski definition) is 8. The van der Waals surface area contributed by atoms with Crippen molar-refractivity contribution >= 4 is 38.4 Å². The number of nitrogens with one attached hydrogen (secondary N) is 2. The second kappa shape index (κ2) is 7.69. The smallest absolute Gasteiger partial charge is 0.274 e. The molecule has 1 unspecified atom stereocenters. The lowest BCUT2D eigenvalue weighted by atomic mass is 10.2. The number of rotatable bonds is 5. The SMILES string of the molecule is CNc1cc2nc(NC(C)c3ccccn3)nc(C(=O)N3CC[C@@H](O)C3)c2s1. The number of aliphatic hydroxyl groups excluding tert-OH is 1. The van der Waals surface area contributed by atoms with E-state index in [-0.39, 0.29) is 11.9 Å². The van der Waals surface area contributed by atoms with E-state index >= 15 is 0 Å². The van der Waals surface area contributed by atoms with E-state index in [0.717, 1.165) is 15.4 Å². The normalized spacial score (nSPS) is 17.7. The first-order chi connectivity index (χ1) is 13.5. The van der Waals surface area contributed by atoms with Gasteiger partial charge < -0.3 is 20.6 Å². The maximum absolute atomic E-state index is 13.1. The van der Waals surface area contributed by atoms with Gasteiger partial charge in [-0.1, -0.05) is 6.07 Å². The van der Waals surface area contributed by atoms with Crippen molar-refractivity contribution in [3.63, 3.8) is 0 Å². The highest BCUT2D eigenvalue weighted by Crippen LogP contribution is 2.32. The second-order valence-electron chi connectivity index (χ2n) is 6.79. The van der Waals surface area contributed by atoms with Gasteiger partial charge in [0, 0.05) is 26.3 Å². The standard InChI is InChI=1S/C19H22N6O2S/c1-11(13-5-3-4-7-21-13)22-19-23-14-9-15(20-2)28-17(14)16(24-19)18(27)25-8-6-12(26)10-25/h3-5,7,9,11-12,20,26H,6,8,10H2,1-2H3,(H,22,23,24)/t11?,12-/m1/s1. The van der Waals surface area contributed by atoms with Gasteiger partial charge in [-0.15, -0.1) is 11.3 Å². The number of aliphatic hydroxyl groups is 1. The minimum absolute atomic E-state index is 0.113. The van der Waals surface area contributed by atoms with E-state index in [9.17, 15) is 9.90 Å². The molecule has 9 heteroatoms. The summed E-state index contributed by atoms with van der Waals surface area (Å²) < 4.78 is 0.742. The Kier molecular flexibility index (Phi) is 5.10. The Balaban J connectivity index is 1.70. The molecule has 2 atom stereocenters. The number of aromatic nitrogens is 3. The molecule has 1 fully saturated rings. The summed E-state index contributed by atoms with van der Waals surface area (Å²) in [6.45, 7) is 2.84. The lowest BCUT2D eigenvalue weighted by Gasteiger charge is -2.17. The first kappa shape index (κ1) is 18.6. The summed E-state index contributed by atoms with van der Waals surface area (Å²) in [7, 11) is 1.83. The summed E-state index contributed by atoms with van der Waals surface area (Å²) in [5.74, 6) is 0.205. The minimum Gasteiger partial charge on any atom is -0.391 e. The Labute approximate surface area is 166 Å². The van der Waals surface area contributed by atoms with E-state index in [0.29, 0.717) is 36.7 Å². The van der Waals surface area contributed by atoms with E-state index in [2.05, 4.69) is 25.6 Å². The number of nitrogens with zero attached hydrogens (tertiary/aromatic N) is 4. The van der Waals surface area contributed by atoms with Crippen LogP contribution in [-0.4, -0.2) is 57.1 Å². The molecule has 8 nitrogen and oxygen atoms in total. The Morgan fingerprint density at radius 1 is 1.39 bits per heavy atom. The third-order valence-electron chi connectivity index (χ3n) is 4.75. The zero-order chi connectivity index (χ0) is 19.7. The molecule has 0 spiro atoms. The molecule has 3 aromatic rings. The number of fused-ring (bicyclic) bond motifs is 1. The summed E-state index contributed by atoms with van der Waals surface area (Å²) in [4.78, 5) is 28.2. The molecule has 4 heterocycles. The molecule has 4 rings (SSSR count). The molecular weight excluding hydrogens is 376 g/mol. The highest BCUT2D eigenvalue weighted by Gasteiger charge is 2.29. The van der Waals surface area contributed by atoms with Crippen LogP contribution in [-0.2, 0) is 0 Å². The van der Waals surface area contributed by atoms with Gasteiger partial charge in [-0.05, 0) is 31.5 Å². The highest BCUT2D eigenvalue weighted by atomic mass is 32.1. The Morgan fingerprint density at radius 2 is 2.25 bits per heavy atom. The van der Waals surface area contributed by atoms with Crippen molar-refractivity contribution < 1.29 is 9.90 Å². The number of amides is 1. The van der Waals surface area contributed by atoms with Crippen LogP contribution >= 0.6 is 11.3 Å². The molecular formula is C19H22N6O2S. The van der Waals surface area contributed by atoms with E-state index < -0.39 is 6.10 Å². The fourth-order valence-corrected chi connectivity index (χ4v) is 4.17. The lowest BCUT2D eigenvalue weighted by Crippen LogP contribution is -2.30. The zero-order valence-electron chi connectivity index (χ0n) is 15.7. The zero-order valence-corrected chi connectivity index (χ0v) is 16.5. The number of carbonyl (C=O) groups is 1. The van der Waals surface area contributed by atoms with Gasteiger partial charge in [0.05, 0.1) is 33.1 Å². The average Bonchev–Trinajstić information content (AvgIpc) is 3.33. The molecule has 3 aromatic heterocycles. The van der Waals surface area contributed by atoms with Crippen LogP contribution < -0.4 is 10.6 Å². The van der Waals surface area contributed by atoms with Crippen LogP contribution in [0.25, 0.3) is 10.2 Å². The van der Waals surface area contributed by atoms with Crippen LogP contribution in [0.4, 0.5) is 10.9 Å². The predicted octanol–water partition coefficient (Wildman–Crippen LogP) is 2.51. The van der Waals surface area contributed by atoms with Crippen molar-refractivity contribution in [2.24, 2.45) is 0 Å². The van der Waals surface area contributed by atoms with Gasteiger partial charge in [0.1, 0.15) is 0 Å². The monoisotopic (exact) mass is 398 g/mol. The molecule has 0 bridgehead atoms. The van der Waals surface area contributed by atoms with Crippen LogP contribution in [0.15, 0.2) is 30.5 Å². The number of hydrogen-bond donors (Lipinski definition) is 3. The molecule has 1 aliphatic rings. The maximum Gasteiger partial charge on any atom is 0.274 e. The third kappa shape index (κ3) is 3.63. The number of β-amino-alcohol motifs (C(OH)–C–C–N with tert-alkyl or cyclic N) is 1. The molecule has 28 heavy (non-hydrogen) atoms. The number of anilines is 2. The molecule has 0 radical (unpaired) electrons. The van der Waals surface area contributed by atoms with Crippen molar-refractivity contribution in [1.82, 2.24) is 19.9 Å². The number of thiophene rings is 1. The van der Waals surface area contributed by atoms with Crippen LogP contribution in [0.5, 0.6) is 0 Å². The topological polar surface area (TPSA) is 103 Å². The Hall–Kier alpha value is -2.78. The van der Waals surface area contributed by atoms with Crippen molar-refractivity contribution in [3.05, 3.63) is 41.9 Å². The lowest BCUT2D eigenvalue weighted by molar-refractivity contribution is 0.0761. The fourth-order valence-electron chi connectivity index (χ4n) is 3.24. The Morgan fingerprint density at radius 3 is 2.93 bits per heavy atom. The number of carbonyl (C=O) groups excluding carboxylic acids is 1. The van der Waals surface area contributed by atoms with Crippen molar-refractivity contribution in [2.75, 3.05) is 30.8 Å². The molecule has 0 saturated carbocycles. The Bertz CT molecular complexity index is 993. The summed E-state index contributed by atoms with van der Waals surface area (Å²) in [6.07, 6.45) is 1.86. The molecule has 146 valence electrons. The third-order valence-corrected chi connectivity index (χ3v) is 5.90. The van der Waals surface area contributed by atoms with Crippen molar-refractivity contribution in [2.45, 2.75) is 25.5 Å². The maximum atomic E-state index is 13.1. The number of likely N-dealkylation sites (tertiary alicyclic amines) is 1. The highest BCUT2D eigenvalue weighted by molar-refractivity contribution is 7.23. The van der Waals surface area contributed by atoms with Crippen LogP contribution in [0.2, 0.25) is 0 Å². The molecule has 0 aliphatic carbocycles. The predicted molar refractivity (Wildman–Crippen MR) is 110 cm³/mol. The molecule has 3 N–H and O–H groups in total. The van der Waals surface area contributed by atoms with Gasteiger partial charge in [0.25, 0.3) is 5.91 Å². The molecule has 1 amide bonds. The van der Waals surface area contributed by atoms with E-state index in [1.165, 1.54) is 11.3 Å². The summed E-state index contributed by atoms with van der Waals surface area (Å²) in [5.41, 5.74) is 1.94. The van der Waals surface area contributed by atoms with Gasteiger partial charge in [-0.25, -0.2) is 9.97 Å². The van der Waals surface area contributed by atoms with Crippen molar-refractivity contribution in [1.29, 1.82) is 0 Å². The molecule has 0 aromatic carbocycles. The van der Waals surface area contributed by atoms with Gasteiger partial charge in [-0.2, -0.15) is 0 Å².